The number of hydrogen-bond acceptors (Lipinski definition) is 4. The molecule has 1 aliphatic rings. The first kappa shape index (κ1) is 13.6. The van der Waals surface area contributed by atoms with Gasteiger partial charge >= 0.3 is 10.3 Å². The van der Waals surface area contributed by atoms with Crippen LogP contribution in [0.1, 0.15) is 12.5 Å². The van der Waals surface area contributed by atoms with Crippen molar-refractivity contribution in [1.29, 1.82) is 0 Å². The molecule has 0 spiro atoms. The van der Waals surface area contributed by atoms with Gasteiger partial charge in [-0.25, -0.2) is 0 Å². The smallest absolute Gasteiger partial charge is 0.339 e. The van der Waals surface area contributed by atoms with Crippen molar-refractivity contribution in [2.75, 3.05) is 13.7 Å². The van der Waals surface area contributed by atoms with Crippen LogP contribution in [0.5, 0.6) is 5.75 Å². The van der Waals surface area contributed by atoms with E-state index in [1.165, 1.54) is 4.31 Å². The molecule has 1 saturated heterocycles. The van der Waals surface area contributed by atoms with Crippen molar-refractivity contribution in [3.05, 3.63) is 28.8 Å². The van der Waals surface area contributed by atoms with Crippen molar-refractivity contribution in [2.24, 2.45) is 0 Å². The second-order valence-electron chi connectivity index (χ2n) is 4.09. The number of methoxy groups -OCH3 is 1. The van der Waals surface area contributed by atoms with Gasteiger partial charge in [0.2, 0.25) is 0 Å². The summed E-state index contributed by atoms with van der Waals surface area (Å²) in [5.74, 6) is 0.636. The highest BCUT2D eigenvalue weighted by Gasteiger charge is 2.36. The van der Waals surface area contributed by atoms with E-state index in [1.807, 2.05) is 0 Å². The van der Waals surface area contributed by atoms with Crippen LogP contribution in [0, 0.1) is 0 Å². The summed E-state index contributed by atoms with van der Waals surface area (Å²) in [6.07, 6.45) is 0. The third-order valence-corrected chi connectivity index (χ3v) is 4.67. The van der Waals surface area contributed by atoms with Gasteiger partial charge in [-0.1, -0.05) is 17.7 Å². The molecular formula is C11H14ClNO4S. The van der Waals surface area contributed by atoms with Gasteiger partial charge in [-0.05, 0) is 24.6 Å². The number of halogens is 1. The molecule has 18 heavy (non-hydrogen) atoms. The Morgan fingerprint density at radius 2 is 2.28 bits per heavy atom. The van der Waals surface area contributed by atoms with E-state index in [4.69, 9.17) is 20.5 Å². The lowest BCUT2D eigenvalue weighted by Crippen LogP contribution is -2.31. The maximum Gasteiger partial charge on any atom is 0.339 e. The van der Waals surface area contributed by atoms with E-state index < -0.39 is 10.3 Å². The number of nitrogens with zero attached hydrogens (tertiary/aromatic N) is 1. The van der Waals surface area contributed by atoms with Crippen molar-refractivity contribution >= 4 is 21.9 Å². The van der Waals surface area contributed by atoms with Crippen LogP contribution in [0.4, 0.5) is 0 Å². The Bertz CT molecular complexity index is 546. The average Bonchev–Trinajstić information content (AvgIpc) is 2.58. The van der Waals surface area contributed by atoms with Gasteiger partial charge in [0.05, 0.1) is 13.7 Å². The summed E-state index contributed by atoms with van der Waals surface area (Å²) >= 11 is 6.09. The summed E-state index contributed by atoms with van der Waals surface area (Å²) in [6.45, 7) is 2.17. The third kappa shape index (κ3) is 2.61. The molecule has 1 aliphatic heterocycles. The predicted molar refractivity (Wildman–Crippen MR) is 67.9 cm³/mol. The SMILES string of the molecule is COc1ccc(CN2C(C)COS2(=O)=O)c(Cl)c1. The summed E-state index contributed by atoms with van der Waals surface area (Å²) < 4.78 is 34.4. The Kier molecular flexibility index (Phi) is 3.82. The van der Waals surface area contributed by atoms with Crippen molar-refractivity contribution in [1.82, 2.24) is 4.31 Å². The van der Waals surface area contributed by atoms with E-state index in [-0.39, 0.29) is 19.2 Å². The van der Waals surface area contributed by atoms with Gasteiger partial charge < -0.3 is 4.74 Å². The van der Waals surface area contributed by atoms with Crippen molar-refractivity contribution in [3.8, 4) is 5.75 Å². The molecule has 0 aliphatic carbocycles. The Labute approximate surface area is 112 Å². The molecule has 1 atom stereocenters. The van der Waals surface area contributed by atoms with Crippen molar-refractivity contribution in [3.63, 3.8) is 0 Å². The van der Waals surface area contributed by atoms with E-state index in [0.29, 0.717) is 10.8 Å². The Balaban J connectivity index is 2.24. The normalized spacial score (nSPS) is 23.2. The number of hydrogen-bond donors (Lipinski definition) is 0. The molecule has 1 aromatic carbocycles. The Morgan fingerprint density at radius 1 is 1.56 bits per heavy atom. The van der Waals surface area contributed by atoms with Crippen LogP contribution in [0.15, 0.2) is 18.2 Å². The molecule has 1 fully saturated rings. The van der Waals surface area contributed by atoms with Gasteiger partial charge in [-0.15, -0.1) is 0 Å². The molecular weight excluding hydrogens is 278 g/mol. The highest BCUT2D eigenvalue weighted by atomic mass is 35.5. The summed E-state index contributed by atoms with van der Waals surface area (Å²) in [6, 6.07) is 4.97. The molecule has 7 heteroatoms. The first-order chi connectivity index (χ1) is 8.44. The van der Waals surface area contributed by atoms with Gasteiger partial charge in [-0.2, -0.15) is 12.7 Å². The fourth-order valence-electron chi connectivity index (χ4n) is 1.74. The summed E-state index contributed by atoms with van der Waals surface area (Å²) in [7, 11) is -2.08. The van der Waals surface area contributed by atoms with Crippen LogP contribution in [0.3, 0.4) is 0 Å². The Morgan fingerprint density at radius 3 is 2.78 bits per heavy atom. The maximum absolute atomic E-state index is 11.6. The molecule has 0 saturated carbocycles. The maximum atomic E-state index is 11.6. The molecule has 5 nitrogen and oxygen atoms in total. The molecule has 0 bridgehead atoms. The lowest BCUT2D eigenvalue weighted by Gasteiger charge is -2.18. The van der Waals surface area contributed by atoms with Crippen LogP contribution < -0.4 is 4.74 Å². The summed E-state index contributed by atoms with van der Waals surface area (Å²) in [4.78, 5) is 0. The lowest BCUT2D eigenvalue weighted by molar-refractivity contribution is 0.323. The van der Waals surface area contributed by atoms with E-state index in [9.17, 15) is 8.42 Å². The minimum Gasteiger partial charge on any atom is -0.497 e. The molecule has 0 N–H and O–H groups in total. The molecule has 2 rings (SSSR count). The topological polar surface area (TPSA) is 55.8 Å². The van der Waals surface area contributed by atoms with E-state index in [2.05, 4.69) is 0 Å². The van der Waals surface area contributed by atoms with E-state index in [0.717, 1.165) is 5.56 Å². The van der Waals surface area contributed by atoms with Crippen LogP contribution >= 0.6 is 11.6 Å². The van der Waals surface area contributed by atoms with Crippen molar-refractivity contribution in [2.45, 2.75) is 19.5 Å². The van der Waals surface area contributed by atoms with Gasteiger partial charge in [0.15, 0.2) is 0 Å². The lowest BCUT2D eigenvalue weighted by atomic mass is 10.2. The zero-order valence-electron chi connectivity index (χ0n) is 10.1. The first-order valence-corrected chi connectivity index (χ1v) is 7.17. The Hall–Kier alpha value is -0.820. The number of rotatable bonds is 3. The molecule has 0 radical (unpaired) electrons. The second-order valence-corrected chi connectivity index (χ2v) is 6.06. The van der Waals surface area contributed by atoms with E-state index >= 15 is 0 Å². The molecule has 0 amide bonds. The van der Waals surface area contributed by atoms with Crippen LogP contribution in [-0.4, -0.2) is 32.5 Å². The predicted octanol–water partition coefficient (Wildman–Crippen LogP) is 1.81. The van der Waals surface area contributed by atoms with E-state index in [1.54, 1.807) is 32.2 Å². The largest absolute Gasteiger partial charge is 0.497 e. The van der Waals surface area contributed by atoms with Crippen molar-refractivity contribution < 1.29 is 17.3 Å². The quantitative estimate of drug-likeness (QED) is 0.852. The molecule has 100 valence electrons. The van der Waals surface area contributed by atoms with Gasteiger partial charge in [-0.3, -0.25) is 4.18 Å². The van der Waals surface area contributed by atoms with Gasteiger partial charge in [0, 0.05) is 17.6 Å². The van der Waals surface area contributed by atoms with Gasteiger partial charge in [0.25, 0.3) is 0 Å². The molecule has 1 unspecified atom stereocenters. The third-order valence-electron chi connectivity index (χ3n) is 2.82. The number of ether oxygens (including phenoxy) is 1. The van der Waals surface area contributed by atoms with Crippen LogP contribution in [0.25, 0.3) is 0 Å². The molecule has 0 aromatic heterocycles. The van der Waals surface area contributed by atoms with Crippen LogP contribution in [-0.2, 0) is 21.0 Å². The fourth-order valence-corrected chi connectivity index (χ4v) is 3.28. The highest BCUT2D eigenvalue weighted by Crippen LogP contribution is 2.27. The second kappa shape index (κ2) is 5.05. The molecule has 1 heterocycles. The minimum absolute atomic E-state index is 0.177. The minimum atomic E-state index is -3.62. The van der Waals surface area contributed by atoms with Crippen LogP contribution in [0.2, 0.25) is 5.02 Å². The zero-order chi connectivity index (χ0) is 13.3. The molecule has 1 aromatic rings. The summed E-state index contributed by atoms with van der Waals surface area (Å²) in [5.41, 5.74) is 0.721. The monoisotopic (exact) mass is 291 g/mol. The standard InChI is InChI=1S/C11H14ClNO4S/c1-8-7-17-18(14,15)13(8)6-9-3-4-10(16-2)5-11(9)12/h3-5,8H,6-7H2,1-2H3. The first-order valence-electron chi connectivity index (χ1n) is 5.42. The summed E-state index contributed by atoms with van der Waals surface area (Å²) in [5, 5.41) is 0.476. The van der Waals surface area contributed by atoms with Gasteiger partial charge in [0.1, 0.15) is 5.75 Å². The zero-order valence-corrected chi connectivity index (χ0v) is 11.7. The average molecular weight is 292 g/mol. The highest BCUT2D eigenvalue weighted by molar-refractivity contribution is 7.84. The number of benzene rings is 1. The fraction of sp³-hybridized carbons (Fsp3) is 0.455.